The van der Waals surface area contributed by atoms with E-state index in [2.05, 4.69) is 5.32 Å². The maximum atomic E-state index is 10.5. The van der Waals surface area contributed by atoms with Crippen molar-refractivity contribution in [2.75, 3.05) is 18.1 Å². The molecule has 4 N–H and O–H groups in total. The van der Waals surface area contributed by atoms with E-state index in [1.54, 1.807) is 6.08 Å². The number of carboxylic acid groups (broad SMARTS) is 1. The number of rotatable bonds is 4. The number of aliphatic carboxylic acids is 1. The summed E-state index contributed by atoms with van der Waals surface area (Å²) in [4.78, 5) is 10.5. The fourth-order valence-corrected chi connectivity index (χ4v) is 1.92. The summed E-state index contributed by atoms with van der Waals surface area (Å²) < 4.78 is 0. The molecule has 0 heterocycles. The van der Waals surface area contributed by atoms with Gasteiger partial charge in [-0.2, -0.15) is 0 Å². The summed E-state index contributed by atoms with van der Waals surface area (Å²) in [5.41, 5.74) is 10.4. The fraction of sp³-hybridized carbons (Fsp3) is 0.0625. The zero-order valence-corrected chi connectivity index (χ0v) is 11.1. The fourth-order valence-electron chi connectivity index (χ4n) is 1.92. The Morgan fingerprint density at radius 1 is 1.15 bits per heavy atom. The number of carbonyl (C=O) groups is 1. The third-order valence-electron chi connectivity index (χ3n) is 2.91. The Morgan fingerprint density at radius 2 is 1.85 bits per heavy atom. The Labute approximate surface area is 117 Å². The Balaban J connectivity index is 2.30. The summed E-state index contributed by atoms with van der Waals surface area (Å²) >= 11 is 0. The lowest BCUT2D eigenvalue weighted by Crippen LogP contribution is -1.92. The van der Waals surface area contributed by atoms with Crippen LogP contribution in [0.3, 0.4) is 0 Å². The van der Waals surface area contributed by atoms with Crippen molar-refractivity contribution in [3.8, 4) is 11.1 Å². The molecule has 0 aromatic heterocycles. The van der Waals surface area contributed by atoms with Crippen LogP contribution < -0.4 is 11.1 Å². The summed E-state index contributed by atoms with van der Waals surface area (Å²) in [5, 5.41) is 11.7. The van der Waals surface area contributed by atoms with Crippen LogP contribution in [0.5, 0.6) is 0 Å². The summed E-state index contributed by atoms with van der Waals surface area (Å²) in [6.07, 6.45) is 2.68. The van der Waals surface area contributed by atoms with Crippen molar-refractivity contribution >= 4 is 23.4 Å². The number of hydrogen-bond acceptors (Lipinski definition) is 3. The zero-order chi connectivity index (χ0) is 14.5. The van der Waals surface area contributed by atoms with Crippen LogP contribution in [0.1, 0.15) is 5.56 Å². The van der Waals surface area contributed by atoms with E-state index in [4.69, 9.17) is 10.8 Å². The second-order valence-electron chi connectivity index (χ2n) is 4.39. The van der Waals surface area contributed by atoms with E-state index in [1.807, 2.05) is 49.5 Å². The van der Waals surface area contributed by atoms with E-state index in [0.717, 1.165) is 28.5 Å². The third-order valence-corrected chi connectivity index (χ3v) is 2.91. The Kier molecular flexibility index (Phi) is 4.05. The van der Waals surface area contributed by atoms with Crippen molar-refractivity contribution in [1.29, 1.82) is 0 Å². The summed E-state index contributed by atoms with van der Waals surface area (Å²) in [7, 11) is 1.85. The molecular formula is C16H16N2O2. The van der Waals surface area contributed by atoms with Crippen molar-refractivity contribution in [3.63, 3.8) is 0 Å². The van der Waals surface area contributed by atoms with Crippen LogP contribution >= 0.6 is 0 Å². The highest BCUT2D eigenvalue weighted by Gasteiger charge is 2.01. The Bertz CT molecular complexity index is 646. The lowest BCUT2D eigenvalue weighted by molar-refractivity contribution is -0.131. The SMILES string of the molecule is CNc1cc(N)cc(-c2ccc(/C=C/C(=O)O)cc2)c1. The number of nitrogen functional groups attached to an aromatic ring is 1. The predicted octanol–water partition coefficient (Wildman–Crippen LogP) is 3.08. The van der Waals surface area contributed by atoms with Gasteiger partial charge < -0.3 is 16.2 Å². The maximum absolute atomic E-state index is 10.5. The second-order valence-corrected chi connectivity index (χ2v) is 4.39. The molecule has 2 aromatic rings. The van der Waals surface area contributed by atoms with Gasteiger partial charge in [0.1, 0.15) is 0 Å². The van der Waals surface area contributed by atoms with E-state index in [9.17, 15) is 4.79 Å². The van der Waals surface area contributed by atoms with Crippen LogP contribution in [0.25, 0.3) is 17.2 Å². The molecule has 102 valence electrons. The molecule has 4 heteroatoms. The molecule has 20 heavy (non-hydrogen) atoms. The van der Waals surface area contributed by atoms with Crippen molar-refractivity contribution in [2.24, 2.45) is 0 Å². The summed E-state index contributed by atoms with van der Waals surface area (Å²) in [6.45, 7) is 0. The first kappa shape index (κ1) is 13.7. The highest BCUT2D eigenvalue weighted by Crippen LogP contribution is 2.26. The molecule has 2 aromatic carbocycles. The minimum atomic E-state index is -0.955. The molecule has 0 radical (unpaired) electrons. The third kappa shape index (κ3) is 3.38. The summed E-state index contributed by atoms with van der Waals surface area (Å²) in [5.74, 6) is -0.955. The van der Waals surface area contributed by atoms with Gasteiger partial charge in [0, 0.05) is 24.5 Å². The first-order valence-corrected chi connectivity index (χ1v) is 6.18. The average molecular weight is 268 g/mol. The van der Waals surface area contributed by atoms with Crippen molar-refractivity contribution in [3.05, 3.63) is 54.1 Å². The normalized spacial score (nSPS) is 10.7. The van der Waals surface area contributed by atoms with Crippen molar-refractivity contribution in [1.82, 2.24) is 0 Å². The molecule has 0 saturated carbocycles. The predicted molar refractivity (Wildman–Crippen MR) is 82.5 cm³/mol. The second kappa shape index (κ2) is 5.93. The lowest BCUT2D eigenvalue weighted by atomic mass is 10.0. The number of anilines is 2. The quantitative estimate of drug-likeness (QED) is 0.588. The van der Waals surface area contributed by atoms with Crippen LogP contribution in [-0.4, -0.2) is 18.1 Å². The van der Waals surface area contributed by atoms with Crippen LogP contribution in [0.2, 0.25) is 0 Å². The minimum absolute atomic E-state index is 0.696. The van der Waals surface area contributed by atoms with Crippen LogP contribution in [-0.2, 0) is 4.79 Å². The van der Waals surface area contributed by atoms with Gasteiger partial charge in [0.05, 0.1) is 0 Å². The van der Waals surface area contributed by atoms with Gasteiger partial charge in [-0.25, -0.2) is 4.79 Å². The first-order valence-electron chi connectivity index (χ1n) is 6.18. The van der Waals surface area contributed by atoms with Crippen molar-refractivity contribution in [2.45, 2.75) is 0 Å². The van der Waals surface area contributed by atoms with E-state index in [0.29, 0.717) is 5.69 Å². The van der Waals surface area contributed by atoms with Gasteiger partial charge in [0.2, 0.25) is 0 Å². The van der Waals surface area contributed by atoms with Gasteiger partial charge in [-0.1, -0.05) is 24.3 Å². The van der Waals surface area contributed by atoms with Crippen molar-refractivity contribution < 1.29 is 9.90 Å². The van der Waals surface area contributed by atoms with Crippen LogP contribution in [0.4, 0.5) is 11.4 Å². The molecule has 0 amide bonds. The Morgan fingerprint density at radius 3 is 2.45 bits per heavy atom. The van der Waals surface area contributed by atoms with E-state index >= 15 is 0 Å². The molecule has 0 fully saturated rings. The van der Waals surface area contributed by atoms with Gasteiger partial charge in [0.15, 0.2) is 0 Å². The number of nitrogens with one attached hydrogen (secondary N) is 1. The van der Waals surface area contributed by atoms with E-state index < -0.39 is 5.97 Å². The molecule has 0 atom stereocenters. The molecule has 0 unspecified atom stereocenters. The molecule has 4 nitrogen and oxygen atoms in total. The molecule has 0 aliphatic rings. The monoisotopic (exact) mass is 268 g/mol. The standard InChI is InChI=1S/C16H16N2O2/c1-18-15-9-13(8-14(17)10-15)12-5-2-11(3-6-12)4-7-16(19)20/h2-10,18H,17H2,1H3,(H,19,20)/b7-4+. The average Bonchev–Trinajstić information content (AvgIpc) is 2.45. The molecule has 0 bridgehead atoms. The molecule has 0 aliphatic heterocycles. The highest BCUT2D eigenvalue weighted by atomic mass is 16.4. The number of nitrogens with two attached hydrogens (primary N) is 1. The number of hydrogen-bond donors (Lipinski definition) is 3. The number of benzene rings is 2. The topological polar surface area (TPSA) is 75.3 Å². The van der Waals surface area contributed by atoms with Gasteiger partial charge in [-0.15, -0.1) is 0 Å². The molecule has 2 rings (SSSR count). The largest absolute Gasteiger partial charge is 0.478 e. The lowest BCUT2D eigenvalue weighted by Gasteiger charge is -2.07. The van der Waals surface area contributed by atoms with Crippen LogP contribution in [0, 0.1) is 0 Å². The van der Waals surface area contributed by atoms with Gasteiger partial charge in [0.25, 0.3) is 0 Å². The molecule has 0 aliphatic carbocycles. The maximum Gasteiger partial charge on any atom is 0.328 e. The highest BCUT2D eigenvalue weighted by molar-refractivity contribution is 5.85. The smallest absolute Gasteiger partial charge is 0.328 e. The number of carboxylic acids is 1. The minimum Gasteiger partial charge on any atom is -0.478 e. The van der Waals surface area contributed by atoms with Gasteiger partial charge in [-0.05, 0) is 41.0 Å². The molecule has 0 spiro atoms. The molecular weight excluding hydrogens is 252 g/mol. The van der Waals surface area contributed by atoms with Crippen LogP contribution in [0.15, 0.2) is 48.5 Å². The Hall–Kier alpha value is -2.75. The molecule has 0 saturated heterocycles. The van der Waals surface area contributed by atoms with E-state index in [-0.39, 0.29) is 0 Å². The van der Waals surface area contributed by atoms with Gasteiger partial charge in [-0.3, -0.25) is 0 Å². The van der Waals surface area contributed by atoms with E-state index in [1.165, 1.54) is 0 Å². The summed E-state index contributed by atoms with van der Waals surface area (Å²) in [6, 6.07) is 13.4. The first-order chi connectivity index (χ1) is 9.58. The zero-order valence-electron chi connectivity index (χ0n) is 11.1. The van der Waals surface area contributed by atoms with Gasteiger partial charge >= 0.3 is 5.97 Å².